The lowest BCUT2D eigenvalue weighted by Crippen LogP contribution is -2.45. The lowest BCUT2D eigenvalue weighted by atomic mass is 9.92. The van der Waals surface area contributed by atoms with E-state index in [-0.39, 0.29) is 18.9 Å². The van der Waals surface area contributed by atoms with E-state index in [2.05, 4.69) is 43.0 Å². The van der Waals surface area contributed by atoms with Gasteiger partial charge in [-0.15, -0.1) is 0 Å². The van der Waals surface area contributed by atoms with E-state index in [0.29, 0.717) is 24.6 Å². The predicted molar refractivity (Wildman–Crippen MR) is 182 cm³/mol. The Morgan fingerprint density at radius 1 is 0.962 bits per heavy atom. The molecule has 18 heteroatoms. The average molecular weight is 752 g/mol. The second-order valence-electron chi connectivity index (χ2n) is 12.4. The number of rotatable bonds is 12. The van der Waals surface area contributed by atoms with Crippen LogP contribution in [0.25, 0.3) is 0 Å². The molecule has 2 aliphatic heterocycles. The predicted octanol–water partition coefficient (Wildman–Crippen LogP) is 5.04. The molecule has 3 aromatic rings. The Labute approximate surface area is 300 Å². The van der Waals surface area contributed by atoms with Gasteiger partial charge in [0.15, 0.2) is 0 Å². The number of hydrogen-bond donors (Lipinski definition) is 4. The fraction of sp³-hybridized carbons (Fsp3) is 0.457. The van der Waals surface area contributed by atoms with E-state index in [1.807, 2.05) is 37.3 Å². The third-order valence-electron chi connectivity index (χ3n) is 8.72. The van der Waals surface area contributed by atoms with Gasteiger partial charge < -0.3 is 26.0 Å². The molecule has 4 N–H and O–H groups in total. The zero-order valence-corrected chi connectivity index (χ0v) is 28.7. The molecule has 4 heterocycles. The van der Waals surface area contributed by atoms with E-state index < -0.39 is 35.9 Å². The summed E-state index contributed by atoms with van der Waals surface area (Å²) >= 11 is 0. The Morgan fingerprint density at radius 2 is 1.62 bits per heavy atom. The number of nitrogens with zero attached hydrogens (tertiary/aromatic N) is 4. The SMILES string of the molecule is CCc1c(NC[C@H](NC(=O)CCc2ccccc2)C(=O)O)ncnc1N1CCC(c2ccc3c(n2)NCCC3)CC1.O=C(C(=O)C(F)(F)F)C(F)(F)F. The first kappa shape index (κ1) is 40.5. The molecule has 12 nitrogen and oxygen atoms in total. The third kappa shape index (κ3) is 11.3. The smallest absolute Gasteiger partial charge is 0.458 e. The minimum atomic E-state index is -5.77. The van der Waals surface area contributed by atoms with Gasteiger partial charge in [0.1, 0.15) is 29.8 Å². The molecule has 286 valence electrons. The number of anilines is 3. The number of benzene rings is 1. The van der Waals surface area contributed by atoms with E-state index in [0.717, 1.165) is 73.8 Å². The van der Waals surface area contributed by atoms with Crippen molar-refractivity contribution in [3.63, 3.8) is 0 Å². The van der Waals surface area contributed by atoms with Crippen LogP contribution >= 0.6 is 0 Å². The van der Waals surface area contributed by atoms with E-state index in [1.54, 1.807) is 0 Å². The number of carboxylic acids is 1. The number of nitrogens with one attached hydrogen (secondary N) is 3. The van der Waals surface area contributed by atoms with Gasteiger partial charge in [0.2, 0.25) is 5.91 Å². The topological polar surface area (TPSA) is 167 Å². The van der Waals surface area contributed by atoms with Gasteiger partial charge in [0, 0.05) is 49.8 Å². The summed E-state index contributed by atoms with van der Waals surface area (Å²) in [5, 5.41) is 19.0. The van der Waals surface area contributed by atoms with Crippen LogP contribution in [0.3, 0.4) is 0 Å². The number of piperidine rings is 1. The first-order valence-corrected chi connectivity index (χ1v) is 16.9. The number of carbonyl (C=O) groups is 4. The summed E-state index contributed by atoms with van der Waals surface area (Å²) in [6.45, 7) is 4.77. The number of hydrogen-bond acceptors (Lipinski definition) is 10. The molecule has 0 aliphatic carbocycles. The summed E-state index contributed by atoms with van der Waals surface area (Å²) in [4.78, 5) is 59.9. The Morgan fingerprint density at radius 3 is 2.23 bits per heavy atom. The van der Waals surface area contributed by atoms with Crippen molar-refractivity contribution in [1.82, 2.24) is 20.3 Å². The maximum atomic E-state index is 12.5. The zero-order chi connectivity index (χ0) is 38.8. The average Bonchev–Trinajstić information content (AvgIpc) is 3.14. The minimum absolute atomic E-state index is 0.0238. The van der Waals surface area contributed by atoms with Crippen molar-refractivity contribution in [3.05, 3.63) is 71.2 Å². The highest BCUT2D eigenvalue weighted by Crippen LogP contribution is 2.33. The Bertz CT molecular complexity index is 1730. The number of amides is 1. The summed E-state index contributed by atoms with van der Waals surface area (Å²) in [6.07, 6.45) is -4.34. The summed E-state index contributed by atoms with van der Waals surface area (Å²) in [7, 11) is 0. The summed E-state index contributed by atoms with van der Waals surface area (Å²) in [6, 6.07) is 13.0. The van der Waals surface area contributed by atoms with Gasteiger partial charge in [-0.1, -0.05) is 43.3 Å². The molecule has 1 fully saturated rings. The molecule has 0 spiro atoms. The summed E-state index contributed by atoms with van der Waals surface area (Å²) in [5.41, 5.74) is 4.45. The fourth-order valence-corrected chi connectivity index (χ4v) is 5.94. The molecule has 5 rings (SSSR count). The van der Waals surface area contributed by atoms with Crippen molar-refractivity contribution in [2.75, 3.05) is 41.7 Å². The molecule has 1 amide bonds. The van der Waals surface area contributed by atoms with Gasteiger partial charge in [0.25, 0.3) is 0 Å². The van der Waals surface area contributed by atoms with Gasteiger partial charge in [-0.3, -0.25) is 14.4 Å². The molecule has 1 atom stereocenters. The van der Waals surface area contributed by atoms with Crippen molar-refractivity contribution in [1.29, 1.82) is 0 Å². The molecular formula is C35H39F6N7O5. The quantitative estimate of drug-likeness (QED) is 0.145. The van der Waals surface area contributed by atoms with Crippen LogP contribution in [0.15, 0.2) is 48.8 Å². The van der Waals surface area contributed by atoms with Crippen molar-refractivity contribution < 1.29 is 50.6 Å². The zero-order valence-electron chi connectivity index (χ0n) is 28.7. The first-order chi connectivity index (χ1) is 25.1. The van der Waals surface area contributed by atoms with E-state index in [4.69, 9.17) is 4.98 Å². The molecule has 1 aromatic carbocycles. The van der Waals surface area contributed by atoms with Crippen molar-refractivity contribution in [2.45, 2.75) is 76.2 Å². The number of pyridine rings is 1. The number of carbonyl (C=O) groups excluding carboxylic acids is 3. The molecule has 0 unspecified atom stereocenters. The van der Waals surface area contributed by atoms with Gasteiger partial charge in [0.05, 0.1) is 0 Å². The maximum Gasteiger partial charge on any atom is 0.458 e. The highest BCUT2D eigenvalue weighted by atomic mass is 19.4. The van der Waals surface area contributed by atoms with Gasteiger partial charge in [-0.05, 0) is 55.7 Å². The van der Waals surface area contributed by atoms with Gasteiger partial charge in [-0.2, -0.15) is 26.3 Å². The lowest BCUT2D eigenvalue weighted by Gasteiger charge is -2.34. The Hall–Kier alpha value is -5.29. The number of carboxylic acid groups (broad SMARTS) is 1. The molecule has 2 aliphatic rings. The molecule has 0 bridgehead atoms. The molecule has 2 aromatic heterocycles. The van der Waals surface area contributed by atoms with E-state index >= 15 is 0 Å². The van der Waals surface area contributed by atoms with E-state index in [9.17, 15) is 50.6 Å². The number of ketones is 2. The number of fused-ring (bicyclic) bond motifs is 1. The highest BCUT2D eigenvalue weighted by molar-refractivity contribution is 6.41. The van der Waals surface area contributed by atoms with Crippen LogP contribution in [-0.2, 0) is 38.4 Å². The molecule has 0 radical (unpaired) electrons. The second-order valence-corrected chi connectivity index (χ2v) is 12.4. The molecule has 1 saturated heterocycles. The van der Waals surface area contributed by atoms with Crippen LogP contribution in [0.2, 0.25) is 0 Å². The minimum Gasteiger partial charge on any atom is -0.480 e. The van der Waals surface area contributed by atoms with Gasteiger partial charge >= 0.3 is 29.9 Å². The van der Waals surface area contributed by atoms with Crippen LogP contribution in [0.1, 0.15) is 60.9 Å². The van der Waals surface area contributed by atoms with Crippen LogP contribution in [0, 0.1) is 0 Å². The van der Waals surface area contributed by atoms with Crippen molar-refractivity contribution in [2.24, 2.45) is 0 Å². The number of aromatic nitrogens is 3. The second kappa shape index (κ2) is 18.0. The molecule has 53 heavy (non-hydrogen) atoms. The number of alkyl halides is 6. The third-order valence-corrected chi connectivity index (χ3v) is 8.72. The Balaban J connectivity index is 0.000000450. The van der Waals surface area contributed by atoms with Crippen LogP contribution in [-0.4, -0.2) is 88.1 Å². The maximum absolute atomic E-state index is 12.5. The summed E-state index contributed by atoms with van der Waals surface area (Å²) in [5.74, 6) is -5.27. The monoisotopic (exact) mass is 751 g/mol. The van der Waals surface area contributed by atoms with Crippen molar-refractivity contribution >= 4 is 40.9 Å². The molecule has 0 saturated carbocycles. The largest absolute Gasteiger partial charge is 0.480 e. The lowest BCUT2D eigenvalue weighted by molar-refractivity contribution is -0.193. The van der Waals surface area contributed by atoms with Crippen LogP contribution in [0.5, 0.6) is 0 Å². The highest BCUT2D eigenvalue weighted by Gasteiger charge is 2.54. The Kier molecular flexibility index (Phi) is 13.7. The standard InChI is InChI=1S/C31H39N7O3.C4F6O2/c1-2-24-29(33-19-26(31(40)41)36-27(39)13-10-21-7-4-3-5-8-21)34-20-35-30(24)38-17-14-22(15-18-38)25-12-11-23-9-6-16-32-28(23)37-25;5-3(6,7)1(11)2(12)4(8,9)10/h3-5,7-8,11-12,20,22,26H,2,6,9-10,13-19H2,1H3,(H,32,37)(H,36,39)(H,40,41)(H,33,34,35);/t26-;/m0./s1. The van der Waals surface area contributed by atoms with Crippen LogP contribution in [0.4, 0.5) is 43.8 Å². The van der Waals surface area contributed by atoms with Gasteiger partial charge in [-0.25, -0.2) is 19.7 Å². The first-order valence-electron chi connectivity index (χ1n) is 16.9. The number of aliphatic carboxylic acids is 1. The summed E-state index contributed by atoms with van der Waals surface area (Å²) < 4.78 is 67.0. The number of aryl methyl sites for hydroxylation is 2. The number of Topliss-reactive ketones (excluding diaryl/α,β-unsaturated/α-hetero) is 2. The molecular weight excluding hydrogens is 712 g/mol. The van der Waals surface area contributed by atoms with E-state index in [1.165, 1.54) is 11.9 Å². The van der Waals surface area contributed by atoms with Crippen molar-refractivity contribution in [3.8, 4) is 0 Å². The normalized spacial score (nSPS) is 15.2. The number of halogens is 6. The fourth-order valence-electron chi connectivity index (χ4n) is 5.94. The van der Waals surface area contributed by atoms with Crippen LogP contribution < -0.4 is 20.9 Å².